The van der Waals surface area contributed by atoms with Crippen LogP contribution in [0.3, 0.4) is 0 Å². The predicted octanol–water partition coefficient (Wildman–Crippen LogP) is 4.86. The van der Waals surface area contributed by atoms with Crippen LogP contribution in [0.5, 0.6) is 0 Å². The fraction of sp³-hybridized carbons (Fsp3) is 0.462. The lowest BCUT2D eigenvalue weighted by molar-refractivity contribution is -0.154. The summed E-state index contributed by atoms with van der Waals surface area (Å²) in [6.07, 6.45) is -2.90. The highest BCUT2D eigenvalue weighted by atomic mass is 35.5. The maximum absolute atomic E-state index is 13.4. The number of benzene rings is 1. The minimum Gasteiger partial charge on any atom is -0.469 e. The molecule has 200 valence electrons. The van der Waals surface area contributed by atoms with Crippen molar-refractivity contribution >= 4 is 46.0 Å². The van der Waals surface area contributed by atoms with Gasteiger partial charge in [-0.15, -0.1) is 11.6 Å². The number of carbonyl (C=O) groups excluding carboxylic acids is 2. The minimum atomic E-state index is -4.46. The number of amides is 1. The molecule has 0 saturated carbocycles. The van der Waals surface area contributed by atoms with Crippen LogP contribution in [-0.2, 0) is 34.0 Å². The summed E-state index contributed by atoms with van der Waals surface area (Å²) in [5.41, 5.74) is 1.77. The third-order valence-corrected chi connectivity index (χ3v) is 8.08. The molecule has 2 heterocycles. The first kappa shape index (κ1) is 27.5. The molecule has 2 aliphatic rings. The molecule has 11 heteroatoms. The number of esters is 1. The summed E-state index contributed by atoms with van der Waals surface area (Å²) in [7, 11) is 2.91. The predicted molar refractivity (Wildman–Crippen MR) is 134 cm³/mol. The number of aliphatic hydroxyl groups excluding tert-OH is 1. The van der Waals surface area contributed by atoms with Crippen LogP contribution in [0.4, 0.5) is 13.2 Å². The maximum atomic E-state index is 13.4. The molecule has 4 rings (SSSR count). The van der Waals surface area contributed by atoms with Crippen LogP contribution in [-0.4, -0.2) is 58.1 Å². The normalized spacial score (nSPS) is 22.9. The van der Waals surface area contributed by atoms with E-state index in [4.69, 9.17) is 27.9 Å². The molecule has 3 unspecified atom stereocenters. The number of hydrogen-bond acceptors (Lipinski definition) is 4. The van der Waals surface area contributed by atoms with Gasteiger partial charge in [0, 0.05) is 43.2 Å². The van der Waals surface area contributed by atoms with Gasteiger partial charge in [0.15, 0.2) is 0 Å². The van der Waals surface area contributed by atoms with Crippen LogP contribution in [0.2, 0.25) is 0 Å². The summed E-state index contributed by atoms with van der Waals surface area (Å²) in [6.45, 7) is 1.88. The zero-order valence-electron chi connectivity index (χ0n) is 20.5. The van der Waals surface area contributed by atoms with Gasteiger partial charge in [-0.25, -0.2) is 0 Å². The number of fused-ring (bicyclic) bond motifs is 1. The number of allylic oxidation sites excluding steroid dienone is 2. The Morgan fingerprint density at radius 2 is 1.95 bits per heavy atom. The molecule has 1 aromatic heterocycles. The average Bonchev–Trinajstić information content (AvgIpc) is 3.16. The van der Waals surface area contributed by atoms with E-state index in [1.807, 2.05) is 6.07 Å². The van der Waals surface area contributed by atoms with E-state index >= 15 is 0 Å². The van der Waals surface area contributed by atoms with Crippen LogP contribution in [0.25, 0.3) is 10.9 Å². The van der Waals surface area contributed by atoms with Crippen molar-refractivity contribution in [3.8, 4) is 0 Å². The molecule has 0 radical (unpaired) electrons. The summed E-state index contributed by atoms with van der Waals surface area (Å²) in [6, 6.07) is 4.07. The third kappa shape index (κ3) is 5.26. The van der Waals surface area contributed by atoms with Crippen LogP contribution in [0.15, 0.2) is 40.5 Å². The Balaban J connectivity index is 1.64. The number of ether oxygens (including phenoxy) is 1. The van der Waals surface area contributed by atoms with E-state index in [1.54, 1.807) is 24.6 Å². The van der Waals surface area contributed by atoms with Gasteiger partial charge in [-0.1, -0.05) is 17.7 Å². The Kier molecular flexibility index (Phi) is 7.70. The van der Waals surface area contributed by atoms with Crippen molar-refractivity contribution < 1.29 is 32.6 Å². The zero-order chi connectivity index (χ0) is 27.2. The van der Waals surface area contributed by atoms with E-state index in [2.05, 4.69) is 0 Å². The molecular weight excluding hydrogens is 532 g/mol. The Bertz CT molecular complexity index is 1320. The zero-order valence-corrected chi connectivity index (χ0v) is 22.0. The lowest BCUT2D eigenvalue weighted by atomic mass is 9.91. The van der Waals surface area contributed by atoms with Crippen LogP contribution < -0.4 is 0 Å². The highest BCUT2D eigenvalue weighted by Gasteiger charge is 2.38. The van der Waals surface area contributed by atoms with Crippen LogP contribution in [0, 0.1) is 12.8 Å². The summed E-state index contributed by atoms with van der Waals surface area (Å²) in [4.78, 5) is 26.9. The smallest absolute Gasteiger partial charge is 0.416 e. The number of hydrogen-bond donors (Lipinski definition) is 1. The fourth-order valence-corrected chi connectivity index (χ4v) is 5.69. The molecule has 6 nitrogen and oxygen atoms in total. The Hall–Kier alpha value is -2.49. The lowest BCUT2D eigenvalue weighted by Crippen LogP contribution is -2.49. The van der Waals surface area contributed by atoms with Gasteiger partial charge in [0.05, 0.1) is 34.8 Å². The molecule has 1 aliphatic heterocycles. The van der Waals surface area contributed by atoms with Crippen LogP contribution >= 0.6 is 23.2 Å². The van der Waals surface area contributed by atoms with E-state index in [9.17, 15) is 27.9 Å². The van der Waals surface area contributed by atoms with Gasteiger partial charge in [-0.3, -0.25) is 9.59 Å². The van der Waals surface area contributed by atoms with Gasteiger partial charge in [0.25, 0.3) is 5.91 Å². The number of alkyl halides is 4. The molecule has 1 amide bonds. The van der Waals surface area contributed by atoms with E-state index in [0.29, 0.717) is 34.2 Å². The van der Waals surface area contributed by atoms with Crippen molar-refractivity contribution in [3.05, 3.63) is 57.3 Å². The van der Waals surface area contributed by atoms with Gasteiger partial charge < -0.3 is 19.3 Å². The molecule has 1 aromatic carbocycles. The number of halogens is 5. The van der Waals surface area contributed by atoms with E-state index in [1.165, 1.54) is 12.0 Å². The van der Waals surface area contributed by atoms with Gasteiger partial charge >= 0.3 is 12.1 Å². The van der Waals surface area contributed by atoms with E-state index < -0.39 is 35.1 Å². The molecule has 2 aromatic rings. The fourth-order valence-electron chi connectivity index (χ4n) is 5.00. The number of nitrogens with zero attached hydrogens (tertiary/aromatic N) is 2. The van der Waals surface area contributed by atoms with E-state index in [0.717, 1.165) is 12.1 Å². The van der Waals surface area contributed by atoms with Crippen molar-refractivity contribution in [1.29, 1.82) is 0 Å². The Morgan fingerprint density at radius 1 is 1.24 bits per heavy atom. The number of piperidine rings is 1. The Morgan fingerprint density at radius 3 is 2.59 bits per heavy atom. The van der Waals surface area contributed by atoms with Crippen molar-refractivity contribution in [1.82, 2.24) is 9.47 Å². The number of aromatic nitrogens is 1. The second-order valence-electron chi connectivity index (χ2n) is 9.49. The number of aliphatic hydroxyl groups is 1. The van der Waals surface area contributed by atoms with Gasteiger partial charge in [0.1, 0.15) is 5.92 Å². The topological polar surface area (TPSA) is 71.8 Å². The summed E-state index contributed by atoms with van der Waals surface area (Å²) in [5, 5.41) is 10.6. The standard InChI is InChI=1S/C26H27Cl2F3N2O4/c1-13-8-14(26(29,30)31)9-21-17(13)10-15(32(21)2)11-18-20(27)5-4-16(23(18)28)24(35)33-7-6-22(34)19(12-33)25(36)37-3/h4,8-10,19-20,22,34H,5-7,11-12H2,1-3H3. The average molecular weight is 559 g/mol. The molecule has 1 aliphatic carbocycles. The lowest BCUT2D eigenvalue weighted by Gasteiger charge is -2.35. The second-order valence-corrected chi connectivity index (χ2v) is 10.4. The third-order valence-electron chi connectivity index (χ3n) is 7.19. The van der Waals surface area contributed by atoms with Crippen molar-refractivity contribution in [3.63, 3.8) is 0 Å². The molecule has 1 saturated heterocycles. The first-order chi connectivity index (χ1) is 17.3. The Labute approximate surface area is 222 Å². The quantitative estimate of drug-likeness (QED) is 0.429. The monoisotopic (exact) mass is 558 g/mol. The van der Waals surface area contributed by atoms with Crippen molar-refractivity contribution in [2.75, 3.05) is 20.2 Å². The minimum absolute atomic E-state index is 0.00215. The van der Waals surface area contributed by atoms with E-state index in [-0.39, 0.29) is 42.4 Å². The van der Waals surface area contributed by atoms with Crippen molar-refractivity contribution in [2.24, 2.45) is 13.0 Å². The highest BCUT2D eigenvalue weighted by Crippen LogP contribution is 2.38. The number of carbonyl (C=O) groups is 2. The molecule has 0 bridgehead atoms. The summed E-state index contributed by atoms with van der Waals surface area (Å²) in [5.74, 6) is -1.82. The largest absolute Gasteiger partial charge is 0.469 e. The molecular formula is C26H27Cl2F3N2O4. The number of likely N-dealkylation sites (tertiary alicyclic amines) is 1. The second kappa shape index (κ2) is 10.3. The SMILES string of the molecule is COC(=O)C1CN(C(=O)C2=CCC(Cl)C(Cc3cc4c(C)cc(C(F)(F)F)cc4n3C)=C2Cl)CCC1O. The molecule has 3 atom stereocenters. The highest BCUT2D eigenvalue weighted by molar-refractivity contribution is 6.37. The first-order valence-electron chi connectivity index (χ1n) is 11.8. The van der Waals surface area contributed by atoms with Crippen LogP contribution in [0.1, 0.15) is 29.7 Å². The number of methoxy groups -OCH3 is 1. The van der Waals surface area contributed by atoms with Gasteiger partial charge in [-0.2, -0.15) is 13.2 Å². The summed E-state index contributed by atoms with van der Waals surface area (Å²) < 4.78 is 46.5. The molecule has 37 heavy (non-hydrogen) atoms. The van der Waals surface area contributed by atoms with Crippen molar-refractivity contribution in [2.45, 2.75) is 43.8 Å². The molecule has 1 fully saturated rings. The first-order valence-corrected chi connectivity index (χ1v) is 12.6. The molecule has 0 spiro atoms. The number of rotatable bonds is 4. The number of aryl methyl sites for hydroxylation is 2. The molecule has 1 N–H and O–H groups in total. The van der Waals surface area contributed by atoms with Gasteiger partial charge in [-0.05, 0) is 49.1 Å². The summed E-state index contributed by atoms with van der Waals surface area (Å²) >= 11 is 13.3. The maximum Gasteiger partial charge on any atom is 0.416 e. The van der Waals surface area contributed by atoms with Gasteiger partial charge in [0.2, 0.25) is 0 Å².